The number of aliphatic hydroxyl groups is 1. The maximum atomic E-state index is 14.6. The largest absolute Gasteiger partial charge is 0.434 e. The third-order valence-electron chi connectivity index (χ3n) is 12.8. The van der Waals surface area contributed by atoms with Crippen molar-refractivity contribution in [1.29, 1.82) is 0 Å². The fourth-order valence-corrected chi connectivity index (χ4v) is 9.94. The minimum atomic E-state index is -0.342. The van der Waals surface area contributed by atoms with Crippen LogP contribution in [-0.4, -0.2) is 97.5 Å². The molecule has 48 heavy (non-hydrogen) atoms. The van der Waals surface area contributed by atoms with Crippen molar-refractivity contribution in [1.82, 2.24) is 34.9 Å². The van der Waals surface area contributed by atoms with Crippen LogP contribution in [0.3, 0.4) is 0 Å². The summed E-state index contributed by atoms with van der Waals surface area (Å²) in [5, 5.41) is 19.2. The minimum Gasteiger partial charge on any atom is -0.434 e. The van der Waals surface area contributed by atoms with Crippen LogP contribution in [0.25, 0.3) is 11.1 Å². The van der Waals surface area contributed by atoms with Gasteiger partial charge in [-0.1, -0.05) is 20.3 Å². The zero-order chi connectivity index (χ0) is 32.6. The van der Waals surface area contributed by atoms with E-state index >= 15 is 0 Å². The van der Waals surface area contributed by atoms with E-state index in [-0.39, 0.29) is 22.8 Å². The molecule has 2 atom stereocenters. The maximum Gasteiger partial charge on any atom is 0.282 e. The number of likely N-dealkylation sites (tertiary alicyclic amines) is 2. The molecule has 2 aromatic heterocycles. The van der Waals surface area contributed by atoms with E-state index in [4.69, 9.17) is 4.74 Å². The Labute approximate surface area is 282 Å². The number of anilines is 1. The second-order valence-electron chi connectivity index (χ2n) is 16.3. The lowest BCUT2D eigenvalue weighted by molar-refractivity contribution is -0.0795. The molecule has 3 saturated heterocycles. The molecule has 3 aliphatic carbocycles. The van der Waals surface area contributed by atoms with E-state index in [1.807, 2.05) is 0 Å². The summed E-state index contributed by atoms with van der Waals surface area (Å²) >= 11 is 0. The summed E-state index contributed by atoms with van der Waals surface area (Å²) in [5.74, 6) is 2.87. The molecule has 9 rings (SSSR count). The number of benzene rings is 1. The molecule has 10 nitrogen and oxygen atoms in total. The third kappa shape index (κ3) is 5.28. The van der Waals surface area contributed by atoms with Gasteiger partial charge in [0.05, 0.1) is 11.8 Å². The summed E-state index contributed by atoms with van der Waals surface area (Å²) in [7, 11) is 0. The summed E-state index contributed by atoms with van der Waals surface area (Å²) in [6.07, 6.45) is 14.1. The van der Waals surface area contributed by atoms with Crippen LogP contribution in [0.2, 0.25) is 0 Å². The Bertz CT molecular complexity index is 1670. The third-order valence-corrected chi connectivity index (χ3v) is 12.8. The van der Waals surface area contributed by atoms with Gasteiger partial charge in [-0.05, 0) is 75.0 Å². The van der Waals surface area contributed by atoms with Gasteiger partial charge in [0.25, 0.3) is 5.88 Å². The molecule has 6 fully saturated rings. The molecule has 0 radical (unpaired) electrons. The van der Waals surface area contributed by atoms with E-state index in [2.05, 4.69) is 53.7 Å². The van der Waals surface area contributed by atoms with Crippen LogP contribution in [0.4, 0.5) is 10.2 Å². The molecule has 0 bridgehead atoms. The van der Waals surface area contributed by atoms with Crippen LogP contribution in [0.1, 0.15) is 76.8 Å². The molecule has 0 amide bonds. The molecule has 6 aliphatic rings. The highest BCUT2D eigenvalue weighted by Crippen LogP contribution is 2.52. The smallest absolute Gasteiger partial charge is 0.282 e. The lowest BCUT2D eigenvalue weighted by atomic mass is 9.66. The van der Waals surface area contributed by atoms with Gasteiger partial charge in [0.15, 0.2) is 5.82 Å². The standard InChI is InChI=1S/C37H47FN8O2/c1-23(2)33(25-12-27(13-25)45-16-31(47)37(20-45)8-3-9-37)46-18-36(19-46)10-11-44(17-36)34-35(43-42-22-41-34)48-30-7-6-26(38)14-28(30)29-15-39-21-40-32(29)24-4-5-24/h6-7,14-15,21-25,27,31,33,47H,3-5,8-13,16-20H2,1-2H3/t25?,27?,31-,33+/m0/s1. The van der Waals surface area contributed by atoms with E-state index in [0.717, 1.165) is 75.7 Å². The van der Waals surface area contributed by atoms with Gasteiger partial charge in [-0.25, -0.2) is 19.3 Å². The maximum absolute atomic E-state index is 14.6. The number of aliphatic hydroxyl groups excluding tert-OH is 1. The number of rotatable bonds is 9. The summed E-state index contributed by atoms with van der Waals surface area (Å²) in [6.45, 7) is 10.8. The first-order valence-corrected chi connectivity index (χ1v) is 18.2. The fourth-order valence-electron chi connectivity index (χ4n) is 9.94. The van der Waals surface area contributed by atoms with Crippen LogP contribution in [0.15, 0.2) is 37.1 Å². The Balaban J connectivity index is 0.866. The van der Waals surface area contributed by atoms with Gasteiger partial charge in [0.1, 0.15) is 24.2 Å². The predicted molar refractivity (Wildman–Crippen MR) is 179 cm³/mol. The summed E-state index contributed by atoms with van der Waals surface area (Å²) < 4.78 is 21.0. The predicted octanol–water partition coefficient (Wildman–Crippen LogP) is 5.30. The number of hydrogen-bond donors (Lipinski definition) is 1. The Morgan fingerprint density at radius 1 is 1.00 bits per heavy atom. The highest BCUT2D eigenvalue weighted by atomic mass is 19.1. The molecule has 11 heteroatoms. The van der Waals surface area contributed by atoms with Gasteiger partial charge in [0, 0.05) is 85.4 Å². The number of β-amino-alcohol motifs (C(OH)–C–C–N with tert-alkyl or cyclic N) is 1. The zero-order valence-corrected chi connectivity index (χ0v) is 28.1. The number of aromatic nitrogens is 5. The summed E-state index contributed by atoms with van der Waals surface area (Å²) in [6, 6.07) is 5.79. The molecule has 3 aliphatic heterocycles. The average molecular weight is 655 g/mol. The molecule has 1 N–H and O–H groups in total. The summed E-state index contributed by atoms with van der Waals surface area (Å²) in [4.78, 5) is 21.1. The quantitative estimate of drug-likeness (QED) is 0.327. The van der Waals surface area contributed by atoms with Gasteiger partial charge in [-0.2, -0.15) is 0 Å². The monoisotopic (exact) mass is 654 g/mol. The molecule has 2 spiro atoms. The molecule has 0 unspecified atom stereocenters. The minimum absolute atomic E-state index is 0.126. The van der Waals surface area contributed by atoms with E-state index in [0.29, 0.717) is 46.9 Å². The highest BCUT2D eigenvalue weighted by molar-refractivity contribution is 5.73. The van der Waals surface area contributed by atoms with Crippen molar-refractivity contribution in [2.24, 2.45) is 22.7 Å². The topological polar surface area (TPSA) is 104 Å². The molecule has 5 heterocycles. The Kier molecular flexibility index (Phi) is 7.47. The highest BCUT2D eigenvalue weighted by Gasteiger charge is 2.56. The molecular formula is C37H47FN8O2. The van der Waals surface area contributed by atoms with Crippen molar-refractivity contribution in [2.75, 3.05) is 44.2 Å². The number of ether oxygens (including phenoxy) is 1. The van der Waals surface area contributed by atoms with Crippen molar-refractivity contribution < 1.29 is 14.2 Å². The Morgan fingerprint density at radius 3 is 2.56 bits per heavy atom. The van der Waals surface area contributed by atoms with E-state index in [1.165, 1.54) is 50.6 Å². The molecule has 3 aromatic rings. The van der Waals surface area contributed by atoms with Crippen molar-refractivity contribution in [3.05, 3.63) is 48.6 Å². The first-order chi connectivity index (χ1) is 23.3. The van der Waals surface area contributed by atoms with Crippen molar-refractivity contribution in [3.8, 4) is 22.8 Å². The first-order valence-electron chi connectivity index (χ1n) is 18.2. The van der Waals surface area contributed by atoms with Crippen LogP contribution in [-0.2, 0) is 0 Å². The van der Waals surface area contributed by atoms with E-state index in [1.54, 1.807) is 18.6 Å². The van der Waals surface area contributed by atoms with Gasteiger partial charge in [-0.3, -0.25) is 9.80 Å². The zero-order valence-electron chi connectivity index (χ0n) is 28.1. The SMILES string of the molecule is CC(C)[C@H](C1CC(N2C[C@H](O)C3(CCC3)C2)C1)N1CC2(CCN(c3ncnnc3Oc3ccc(F)cc3-c3cncnc3C3CC3)C2)C1. The van der Waals surface area contributed by atoms with Gasteiger partial charge >= 0.3 is 0 Å². The van der Waals surface area contributed by atoms with Gasteiger partial charge < -0.3 is 14.7 Å². The number of hydrogen-bond acceptors (Lipinski definition) is 10. The lowest BCUT2D eigenvalue weighted by Gasteiger charge is -2.57. The van der Waals surface area contributed by atoms with Crippen molar-refractivity contribution >= 4 is 5.82 Å². The molecule has 254 valence electrons. The van der Waals surface area contributed by atoms with Crippen LogP contribution >= 0.6 is 0 Å². The van der Waals surface area contributed by atoms with Crippen molar-refractivity contribution in [3.63, 3.8) is 0 Å². The van der Waals surface area contributed by atoms with E-state index < -0.39 is 0 Å². The second-order valence-corrected chi connectivity index (χ2v) is 16.3. The normalized spacial score (nSPS) is 28.4. The molecular weight excluding hydrogens is 607 g/mol. The molecule has 1 aromatic carbocycles. The van der Waals surface area contributed by atoms with Gasteiger partial charge in [-0.15, -0.1) is 10.2 Å². The number of halogens is 1. The average Bonchev–Trinajstić information content (AvgIpc) is 3.68. The molecule has 3 saturated carbocycles. The number of nitrogens with zero attached hydrogens (tertiary/aromatic N) is 8. The lowest BCUT2D eigenvalue weighted by Crippen LogP contribution is -2.65. The van der Waals surface area contributed by atoms with Crippen LogP contribution in [0.5, 0.6) is 11.6 Å². The van der Waals surface area contributed by atoms with Gasteiger partial charge in [0.2, 0.25) is 0 Å². The Morgan fingerprint density at radius 2 is 1.83 bits per heavy atom. The van der Waals surface area contributed by atoms with E-state index in [9.17, 15) is 9.50 Å². The van der Waals surface area contributed by atoms with Crippen LogP contribution in [0, 0.1) is 28.5 Å². The fraction of sp³-hybridized carbons (Fsp3) is 0.649. The summed E-state index contributed by atoms with van der Waals surface area (Å²) in [5.41, 5.74) is 2.78. The van der Waals surface area contributed by atoms with Crippen molar-refractivity contribution in [2.45, 2.75) is 89.3 Å². The second kappa shape index (κ2) is 11.7. The Hall–Kier alpha value is -3.28. The van der Waals surface area contributed by atoms with Crippen LogP contribution < -0.4 is 9.64 Å². The first kappa shape index (κ1) is 30.8.